The van der Waals surface area contributed by atoms with Crippen molar-refractivity contribution in [2.24, 2.45) is 5.73 Å². The van der Waals surface area contributed by atoms with E-state index in [0.717, 1.165) is 5.56 Å². The van der Waals surface area contributed by atoms with Gasteiger partial charge < -0.3 is 5.73 Å². The molecule has 1 aromatic heterocycles. The van der Waals surface area contributed by atoms with E-state index in [-0.39, 0.29) is 5.54 Å². The van der Waals surface area contributed by atoms with Crippen molar-refractivity contribution in [3.05, 3.63) is 30.1 Å². The van der Waals surface area contributed by atoms with Crippen molar-refractivity contribution >= 4 is 10.8 Å². The lowest BCUT2D eigenvalue weighted by molar-refractivity contribution is 0.577. The fourth-order valence-electron chi connectivity index (χ4n) is 1.14. The molecule has 1 heterocycles. The maximum absolute atomic E-state index is 11.6. The molecular formula is C10H16N2OS. The van der Waals surface area contributed by atoms with Crippen molar-refractivity contribution in [1.82, 2.24) is 4.98 Å². The molecule has 1 aromatic rings. The van der Waals surface area contributed by atoms with E-state index < -0.39 is 10.8 Å². The predicted octanol–water partition coefficient (Wildman–Crippen LogP) is 1.07. The van der Waals surface area contributed by atoms with Gasteiger partial charge in [-0.05, 0) is 25.5 Å². The number of pyridine rings is 1. The predicted molar refractivity (Wildman–Crippen MR) is 59.2 cm³/mol. The Kier molecular flexibility index (Phi) is 3.77. The summed E-state index contributed by atoms with van der Waals surface area (Å²) in [7, 11) is -0.905. The Morgan fingerprint density at radius 2 is 2.29 bits per heavy atom. The lowest BCUT2D eigenvalue weighted by Crippen LogP contribution is -2.38. The Labute approximate surface area is 87.2 Å². The molecule has 1 rings (SSSR count). The van der Waals surface area contributed by atoms with Gasteiger partial charge in [-0.1, -0.05) is 6.07 Å². The second-order valence-corrected chi connectivity index (χ2v) is 5.54. The van der Waals surface area contributed by atoms with E-state index in [4.69, 9.17) is 5.73 Å². The second kappa shape index (κ2) is 4.66. The minimum absolute atomic E-state index is 0.368. The van der Waals surface area contributed by atoms with Crippen LogP contribution in [0.1, 0.15) is 19.4 Å². The van der Waals surface area contributed by atoms with E-state index in [0.29, 0.717) is 11.5 Å². The Balaban J connectivity index is 2.50. The van der Waals surface area contributed by atoms with Crippen LogP contribution in [0.5, 0.6) is 0 Å². The standard InChI is InChI=1S/C10H16N2OS/c1-10(2,11)8-14(13)7-9-4-3-5-12-6-9/h3-6H,7-8,11H2,1-2H3. The summed E-state index contributed by atoms with van der Waals surface area (Å²) in [5, 5.41) is 0. The molecule has 4 heteroatoms. The quantitative estimate of drug-likeness (QED) is 0.812. The van der Waals surface area contributed by atoms with Gasteiger partial charge in [0.15, 0.2) is 0 Å². The molecule has 0 radical (unpaired) electrons. The summed E-state index contributed by atoms with van der Waals surface area (Å²) < 4.78 is 11.6. The van der Waals surface area contributed by atoms with Crippen molar-refractivity contribution in [2.75, 3.05) is 5.75 Å². The van der Waals surface area contributed by atoms with E-state index in [1.54, 1.807) is 12.4 Å². The topological polar surface area (TPSA) is 56.0 Å². The highest BCUT2D eigenvalue weighted by molar-refractivity contribution is 7.84. The van der Waals surface area contributed by atoms with Crippen molar-refractivity contribution < 1.29 is 4.21 Å². The molecule has 0 aromatic carbocycles. The fraction of sp³-hybridized carbons (Fsp3) is 0.500. The summed E-state index contributed by atoms with van der Waals surface area (Å²) in [6, 6.07) is 3.77. The lowest BCUT2D eigenvalue weighted by atomic mass is 10.1. The van der Waals surface area contributed by atoms with Crippen LogP contribution in [0.4, 0.5) is 0 Å². The van der Waals surface area contributed by atoms with Gasteiger partial charge in [-0.3, -0.25) is 9.19 Å². The van der Waals surface area contributed by atoms with Crippen LogP contribution in [-0.2, 0) is 16.6 Å². The van der Waals surface area contributed by atoms with E-state index >= 15 is 0 Å². The molecule has 0 amide bonds. The molecule has 1 unspecified atom stereocenters. The van der Waals surface area contributed by atoms with Crippen molar-refractivity contribution in [2.45, 2.75) is 25.1 Å². The zero-order chi connectivity index (χ0) is 10.6. The van der Waals surface area contributed by atoms with Crippen LogP contribution in [0.2, 0.25) is 0 Å². The Bertz CT molecular complexity index is 306. The van der Waals surface area contributed by atoms with Crippen LogP contribution < -0.4 is 5.73 Å². The number of aromatic nitrogens is 1. The molecule has 0 bridgehead atoms. The molecule has 0 saturated carbocycles. The number of hydrogen-bond donors (Lipinski definition) is 1. The lowest BCUT2D eigenvalue weighted by Gasteiger charge is -2.17. The van der Waals surface area contributed by atoms with Gasteiger partial charge in [0.1, 0.15) is 0 Å². The summed E-state index contributed by atoms with van der Waals surface area (Å²) in [6.07, 6.45) is 3.45. The van der Waals surface area contributed by atoms with Crippen LogP contribution in [-0.4, -0.2) is 20.5 Å². The van der Waals surface area contributed by atoms with E-state index in [1.807, 2.05) is 26.0 Å². The summed E-state index contributed by atoms with van der Waals surface area (Å²) in [6.45, 7) is 3.77. The SMILES string of the molecule is CC(C)(N)CS(=O)Cc1cccnc1. The molecule has 3 nitrogen and oxygen atoms in total. The zero-order valence-electron chi connectivity index (χ0n) is 8.56. The Morgan fingerprint density at radius 1 is 1.57 bits per heavy atom. The molecule has 0 aliphatic rings. The van der Waals surface area contributed by atoms with E-state index in [1.165, 1.54) is 0 Å². The van der Waals surface area contributed by atoms with Gasteiger partial charge in [0.25, 0.3) is 0 Å². The molecule has 0 aliphatic carbocycles. The highest BCUT2D eigenvalue weighted by Crippen LogP contribution is 2.06. The third kappa shape index (κ3) is 4.48. The number of rotatable bonds is 4. The van der Waals surface area contributed by atoms with Crippen LogP contribution in [0.3, 0.4) is 0 Å². The van der Waals surface area contributed by atoms with E-state index in [9.17, 15) is 4.21 Å². The van der Waals surface area contributed by atoms with Crippen LogP contribution in [0, 0.1) is 0 Å². The molecule has 78 valence electrons. The highest BCUT2D eigenvalue weighted by atomic mass is 32.2. The van der Waals surface area contributed by atoms with Gasteiger partial charge in [0.2, 0.25) is 0 Å². The third-order valence-corrected chi connectivity index (χ3v) is 3.30. The monoisotopic (exact) mass is 212 g/mol. The van der Waals surface area contributed by atoms with Gasteiger partial charge in [0.05, 0.1) is 5.75 Å². The number of hydrogen-bond acceptors (Lipinski definition) is 3. The first-order valence-corrected chi connectivity index (χ1v) is 5.99. The minimum Gasteiger partial charge on any atom is -0.325 e. The molecule has 1 atom stereocenters. The first-order chi connectivity index (χ1) is 6.47. The highest BCUT2D eigenvalue weighted by Gasteiger charge is 2.15. The summed E-state index contributed by atoms with van der Waals surface area (Å²) in [5.41, 5.74) is 6.41. The van der Waals surface area contributed by atoms with Crippen molar-refractivity contribution in [1.29, 1.82) is 0 Å². The van der Waals surface area contributed by atoms with Crippen LogP contribution in [0.15, 0.2) is 24.5 Å². The summed E-state index contributed by atoms with van der Waals surface area (Å²) in [5.74, 6) is 1.05. The molecule has 14 heavy (non-hydrogen) atoms. The largest absolute Gasteiger partial charge is 0.325 e. The molecule has 2 N–H and O–H groups in total. The van der Waals surface area contributed by atoms with Gasteiger partial charge >= 0.3 is 0 Å². The Hall–Kier alpha value is -0.740. The third-order valence-electron chi connectivity index (χ3n) is 1.58. The van der Waals surface area contributed by atoms with Gasteiger partial charge in [-0.15, -0.1) is 0 Å². The maximum atomic E-state index is 11.6. The maximum Gasteiger partial charge on any atom is 0.0501 e. The molecule has 0 aliphatic heterocycles. The Morgan fingerprint density at radius 3 is 2.79 bits per heavy atom. The number of nitrogens with zero attached hydrogens (tertiary/aromatic N) is 1. The van der Waals surface area contributed by atoms with Crippen molar-refractivity contribution in [3.8, 4) is 0 Å². The fourth-order valence-corrected chi connectivity index (χ4v) is 2.61. The molecule has 0 spiro atoms. The molecular weight excluding hydrogens is 196 g/mol. The zero-order valence-corrected chi connectivity index (χ0v) is 9.38. The summed E-state index contributed by atoms with van der Waals surface area (Å²) >= 11 is 0. The number of nitrogens with two attached hydrogens (primary N) is 1. The smallest absolute Gasteiger partial charge is 0.0501 e. The molecule has 0 fully saturated rings. The van der Waals surface area contributed by atoms with Crippen LogP contribution in [0.25, 0.3) is 0 Å². The van der Waals surface area contributed by atoms with Gasteiger partial charge in [-0.2, -0.15) is 0 Å². The van der Waals surface area contributed by atoms with Gasteiger partial charge in [-0.25, -0.2) is 0 Å². The molecule has 0 saturated heterocycles. The van der Waals surface area contributed by atoms with Crippen LogP contribution >= 0.6 is 0 Å². The first-order valence-electron chi connectivity index (χ1n) is 4.50. The average molecular weight is 212 g/mol. The second-order valence-electron chi connectivity index (χ2n) is 4.08. The summed E-state index contributed by atoms with van der Waals surface area (Å²) in [4.78, 5) is 3.97. The van der Waals surface area contributed by atoms with Crippen molar-refractivity contribution in [3.63, 3.8) is 0 Å². The normalized spacial score (nSPS) is 13.9. The minimum atomic E-state index is -0.905. The van der Waals surface area contributed by atoms with Gasteiger partial charge in [0, 0.05) is 34.5 Å². The van der Waals surface area contributed by atoms with E-state index in [2.05, 4.69) is 4.98 Å². The first kappa shape index (κ1) is 11.3. The average Bonchev–Trinajstić information content (AvgIpc) is 2.02.